The van der Waals surface area contributed by atoms with E-state index < -0.39 is 0 Å². The molecule has 2 nitrogen and oxygen atoms in total. The first-order chi connectivity index (χ1) is 6.88. The minimum Gasteiger partial charge on any atom is -0.381 e. The number of thioether (sulfide) groups is 1. The normalized spacial score (nSPS) is 27.0. The predicted octanol–water partition coefficient (Wildman–Crippen LogP) is 2.14. The first-order valence-electron chi connectivity index (χ1n) is 5.71. The predicted molar refractivity (Wildman–Crippen MR) is 64.0 cm³/mol. The van der Waals surface area contributed by atoms with Crippen molar-refractivity contribution in [2.24, 2.45) is 5.92 Å². The van der Waals surface area contributed by atoms with E-state index in [0.29, 0.717) is 0 Å². The molecule has 0 aromatic heterocycles. The second-order valence-corrected chi connectivity index (χ2v) is 5.02. The van der Waals surface area contributed by atoms with E-state index in [1.807, 2.05) is 0 Å². The van der Waals surface area contributed by atoms with Crippen LogP contribution in [0, 0.1) is 5.92 Å². The Bertz CT molecular complexity index is 143. The van der Waals surface area contributed by atoms with Gasteiger partial charge in [0.1, 0.15) is 0 Å². The van der Waals surface area contributed by atoms with Crippen molar-refractivity contribution in [3.05, 3.63) is 0 Å². The average Bonchev–Trinajstić information content (AvgIpc) is 2.65. The molecule has 0 saturated carbocycles. The molecule has 1 saturated heterocycles. The summed E-state index contributed by atoms with van der Waals surface area (Å²) in [6, 6.07) is 0.717. The summed E-state index contributed by atoms with van der Waals surface area (Å²) in [4.78, 5) is 0. The number of hydrogen-bond donors (Lipinski definition) is 1. The number of hydrogen-bond acceptors (Lipinski definition) is 3. The largest absolute Gasteiger partial charge is 0.381 e. The molecule has 1 fully saturated rings. The molecule has 14 heavy (non-hydrogen) atoms. The van der Waals surface area contributed by atoms with Crippen molar-refractivity contribution in [1.29, 1.82) is 0 Å². The van der Waals surface area contributed by atoms with Crippen molar-refractivity contribution in [2.45, 2.75) is 32.2 Å². The van der Waals surface area contributed by atoms with E-state index in [-0.39, 0.29) is 0 Å². The SMILES string of the molecule is CCCCOCCC1CSCC1NC. The molecule has 0 aromatic rings. The molecule has 3 heteroatoms. The lowest BCUT2D eigenvalue weighted by molar-refractivity contribution is 0.117. The fraction of sp³-hybridized carbons (Fsp3) is 1.00. The molecular formula is C11H23NOS. The van der Waals surface area contributed by atoms with Gasteiger partial charge in [0, 0.05) is 25.0 Å². The fourth-order valence-corrected chi connectivity index (χ4v) is 3.32. The van der Waals surface area contributed by atoms with Crippen LogP contribution in [0.2, 0.25) is 0 Å². The van der Waals surface area contributed by atoms with Gasteiger partial charge in [-0.05, 0) is 31.6 Å². The molecule has 1 aliphatic rings. The van der Waals surface area contributed by atoms with Gasteiger partial charge in [0.05, 0.1) is 0 Å². The first kappa shape index (κ1) is 12.3. The summed E-state index contributed by atoms with van der Waals surface area (Å²) in [5.74, 6) is 3.41. The molecule has 0 spiro atoms. The van der Waals surface area contributed by atoms with Crippen LogP contribution in [-0.4, -0.2) is 37.8 Å². The zero-order chi connectivity index (χ0) is 10.2. The van der Waals surface area contributed by atoms with Gasteiger partial charge >= 0.3 is 0 Å². The lowest BCUT2D eigenvalue weighted by atomic mass is 10.0. The standard InChI is InChI=1S/C11H23NOS/c1-3-4-6-13-7-5-10-8-14-9-11(10)12-2/h10-12H,3-9H2,1-2H3. The second-order valence-electron chi connectivity index (χ2n) is 3.95. The molecule has 2 unspecified atom stereocenters. The lowest BCUT2D eigenvalue weighted by Crippen LogP contribution is -2.32. The van der Waals surface area contributed by atoms with Crippen molar-refractivity contribution in [3.8, 4) is 0 Å². The summed E-state index contributed by atoms with van der Waals surface area (Å²) in [7, 11) is 2.07. The third-order valence-corrected chi connectivity index (χ3v) is 4.10. The molecule has 1 aliphatic heterocycles. The Hall–Kier alpha value is 0.270. The van der Waals surface area contributed by atoms with Crippen LogP contribution in [0.5, 0.6) is 0 Å². The number of nitrogens with one attached hydrogen (secondary N) is 1. The minimum absolute atomic E-state index is 0.717. The molecule has 1 N–H and O–H groups in total. The summed E-state index contributed by atoms with van der Waals surface area (Å²) < 4.78 is 5.59. The Labute approximate surface area is 92.2 Å². The number of unbranched alkanes of at least 4 members (excludes halogenated alkanes) is 1. The highest BCUT2D eigenvalue weighted by atomic mass is 32.2. The van der Waals surface area contributed by atoms with Gasteiger partial charge in [-0.2, -0.15) is 11.8 Å². The van der Waals surface area contributed by atoms with Gasteiger partial charge in [-0.1, -0.05) is 13.3 Å². The molecule has 0 amide bonds. The van der Waals surface area contributed by atoms with E-state index in [4.69, 9.17) is 4.74 Å². The van der Waals surface area contributed by atoms with Crippen LogP contribution in [-0.2, 0) is 4.74 Å². The smallest absolute Gasteiger partial charge is 0.0469 e. The zero-order valence-electron chi connectivity index (χ0n) is 9.42. The van der Waals surface area contributed by atoms with E-state index in [1.165, 1.54) is 30.8 Å². The van der Waals surface area contributed by atoms with Gasteiger partial charge in [-0.15, -0.1) is 0 Å². The molecule has 0 aromatic carbocycles. The fourth-order valence-electron chi connectivity index (χ4n) is 1.79. The molecule has 0 aliphatic carbocycles. The van der Waals surface area contributed by atoms with E-state index in [9.17, 15) is 0 Å². The Balaban J connectivity index is 2.00. The van der Waals surface area contributed by atoms with E-state index >= 15 is 0 Å². The molecule has 0 bridgehead atoms. The van der Waals surface area contributed by atoms with Crippen molar-refractivity contribution >= 4 is 11.8 Å². The van der Waals surface area contributed by atoms with Gasteiger partial charge in [0.15, 0.2) is 0 Å². The number of rotatable bonds is 7. The van der Waals surface area contributed by atoms with Gasteiger partial charge in [-0.25, -0.2) is 0 Å². The van der Waals surface area contributed by atoms with E-state index in [0.717, 1.165) is 25.2 Å². The van der Waals surface area contributed by atoms with Crippen molar-refractivity contribution in [2.75, 3.05) is 31.8 Å². The Morgan fingerprint density at radius 2 is 2.21 bits per heavy atom. The third kappa shape index (κ3) is 4.20. The quantitative estimate of drug-likeness (QED) is 0.660. The van der Waals surface area contributed by atoms with Gasteiger partial charge in [0.2, 0.25) is 0 Å². The highest BCUT2D eigenvalue weighted by Crippen LogP contribution is 2.26. The van der Waals surface area contributed by atoms with Crippen molar-refractivity contribution in [1.82, 2.24) is 5.32 Å². The van der Waals surface area contributed by atoms with Crippen LogP contribution in [0.15, 0.2) is 0 Å². The van der Waals surface area contributed by atoms with Crippen LogP contribution in [0.3, 0.4) is 0 Å². The molecule has 84 valence electrons. The minimum atomic E-state index is 0.717. The molecule has 1 rings (SSSR count). The molecule has 2 atom stereocenters. The first-order valence-corrected chi connectivity index (χ1v) is 6.86. The van der Waals surface area contributed by atoms with Crippen molar-refractivity contribution in [3.63, 3.8) is 0 Å². The molecule has 0 radical (unpaired) electrons. The molecular weight excluding hydrogens is 194 g/mol. The van der Waals surface area contributed by atoms with Crippen LogP contribution in [0.25, 0.3) is 0 Å². The zero-order valence-corrected chi connectivity index (χ0v) is 10.2. The van der Waals surface area contributed by atoms with Crippen LogP contribution in [0.1, 0.15) is 26.2 Å². The third-order valence-electron chi connectivity index (χ3n) is 2.84. The van der Waals surface area contributed by atoms with E-state index in [2.05, 4.69) is 31.1 Å². The summed E-state index contributed by atoms with van der Waals surface area (Å²) in [5.41, 5.74) is 0. The number of ether oxygens (including phenoxy) is 1. The summed E-state index contributed by atoms with van der Waals surface area (Å²) in [6.45, 7) is 4.10. The Morgan fingerprint density at radius 3 is 2.93 bits per heavy atom. The summed E-state index contributed by atoms with van der Waals surface area (Å²) in [5, 5.41) is 3.39. The van der Waals surface area contributed by atoms with Gasteiger partial charge in [-0.3, -0.25) is 0 Å². The maximum absolute atomic E-state index is 5.59. The summed E-state index contributed by atoms with van der Waals surface area (Å²) in [6.07, 6.45) is 3.66. The van der Waals surface area contributed by atoms with E-state index in [1.54, 1.807) is 0 Å². The highest BCUT2D eigenvalue weighted by Gasteiger charge is 2.25. The highest BCUT2D eigenvalue weighted by molar-refractivity contribution is 7.99. The van der Waals surface area contributed by atoms with Crippen molar-refractivity contribution < 1.29 is 4.74 Å². The van der Waals surface area contributed by atoms with Crippen LogP contribution < -0.4 is 5.32 Å². The summed E-state index contributed by atoms with van der Waals surface area (Å²) >= 11 is 2.07. The van der Waals surface area contributed by atoms with Crippen LogP contribution in [0.4, 0.5) is 0 Å². The van der Waals surface area contributed by atoms with Crippen LogP contribution >= 0.6 is 11.8 Å². The lowest BCUT2D eigenvalue weighted by Gasteiger charge is -2.17. The Morgan fingerprint density at radius 1 is 1.36 bits per heavy atom. The maximum Gasteiger partial charge on any atom is 0.0469 e. The van der Waals surface area contributed by atoms with Gasteiger partial charge in [0.25, 0.3) is 0 Å². The molecule has 1 heterocycles. The Kier molecular flexibility index (Phi) is 6.65. The monoisotopic (exact) mass is 217 g/mol. The topological polar surface area (TPSA) is 21.3 Å². The second kappa shape index (κ2) is 7.55. The van der Waals surface area contributed by atoms with Gasteiger partial charge < -0.3 is 10.1 Å². The maximum atomic E-state index is 5.59. The average molecular weight is 217 g/mol.